The number of carbonyl (C=O) groups excluding carboxylic acids is 1. The van der Waals surface area contributed by atoms with Gasteiger partial charge in [-0.15, -0.1) is 11.8 Å². The molecule has 7 heteroatoms. The Kier molecular flexibility index (Phi) is 4.88. The van der Waals surface area contributed by atoms with Crippen molar-refractivity contribution in [2.45, 2.75) is 31.2 Å². The topological polar surface area (TPSA) is 70.5 Å². The molecule has 1 aliphatic heterocycles. The third kappa shape index (κ3) is 2.91. The Morgan fingerprint density at radius 3 is 2.95 bits per heavy atom. The van der Waals surface area contributed by atoms with Gasteiger partial charge in [0.1, 0.15) is 6.04 Å². The van der Waals surface area contributed by atoms with E-state index in [4.69, 9.17) is 11.6 Å². The molecule has 1 fully saturated rings. The van der Waals surface area contributed by atoms with Crippen molar-refractivity contribution in [3.8, 4) is 0 Å². The lowest BCUT2D eigenvalue weighted by Gasteiger charge is -2.27. The van der Waals surface area contributed by atoms with Crippen molar-refractivity contribution in [3.63, 3.8) is 0 Å². The molecule has 1 saturated heterocycles. The first-order valence-electron chi connectivity index (χ1n) is 6.32. The van der Waals surface area contributed by atoms with Crippen molar-refractivity contribution in [2.24, 2.45) is 0 Å². The third-order valence-corrected chi connectivity index (χ3v) is 4.81. The van der Waals surface area contributed by atoms with Crippen LogP contribution in [0.4, 0.5) is 0 Å². The second-order valence-corrected chi connectivity index (χ2v) is 6.12. The fraction of sp³-hybridized carbons (Fsp3) is 0.462. The molecule has 1 aromatic rings. The fourth-order valence-corrected chi connectivity index (χ4v) is 3.90. The molecule has 0 bridgehead atoms. The lowest BCUT2D eigenvalue weighted by atomic mass is 10.1. The summed E-state index contributed by atoms with van der Waals surface area (Å²) in [5.74, 6) is -0.906. The number of aromatic nitrogens is 1. The molecule has 1 amide bonds. The van der Waals surface area contributed by atoms with Crippen LogP contribution in [0.2, 0.25) is 5.02 Å². The summed E-state index contributed by atoms with van der Waals surface area (Å²) in [6.45, 7) is 2.01. The first-order valence-corrected chi connectivity index (χ1v) is 7.75. The van der Waals surface area contributed by atoms with E-state index < -0.39 is 12.0 Å². The van der Waals surface area contributed by atoms with Crippen molar-refractivity contribution in [1.82, 2.24) is 9.88 Å². The average Bonchev–Trinajstić information content (AvgIpc) is 2.83. The molecule has 0 saturated carbocycles. The van der Waals surface area contributed by atoms with Crippen molar-refractivity contribution >= 4 is 35.2 Å². The number of aliphatic carboxylic acids is 1. The van der Waals surface area contributed by atoms with Gasteiger partial charge in [0, 0.05) is 18.1 Å². The van der Waals surface area contributed by atoms with Crippen LogP contribution in [-0.2, 0) is 4.79 Å². The molecule has 1 aliphatic rings. The van der Waals surface area contributed by atoms with Crippen LogP contribution in [0.15, 0.2) is 18.5 Å². The van der Waals surface area contributed by atoms with E-state index in [1.165, 1.54) is 35.1 Å². The smallest absolute Gasteiger partial charge is 0.327 e. The molecule has 108 valence electrons. The van der Waals surface area contributed by atoms with E-state index in [0.717, 1.165) is 12.8 Å². The quantitative estimate of drug-likeness (QED) is 0.924. The maximum Gasteiger partial charge on any atom is 0.327 e. The second-order valence-electron chi connectivity index (χ2n) is 4.50. The maximum atomic E-state index is 12.6. The minimum absolute atomic E-state index is 0.113. The van der Waals surface area contributed by atoms with Gasteiger partial charge < -0.3 is 10.0 Å². The Morgan fingerprint density at radius 1 is 1.60 bits per heavy atom. The number of halogens is 1. The highest BCUT2D eigenvalue weighted by Gasteiger charge is 2.41. The van der Waals surface area contributed by atoms with Crippen LogP contribution in [0.5, 0.6) is 0 Å². The van der Waals surface area contributed by atoms with Gasteiger partial charge in [-0.25, -0.2) is 4.79 Å². The van der Waals surface area contributed by atoms with Crippen LogP contribution in [-0.4, -0.2) is 44.0 Å². The Morgan fingerprint density at radius 2 is 2.35 bits per heavy atom. The summed E-state index contributed by atoms with van der Waals surface area (Å²) in [6.07, 6.45) is 4.52. The summed E-state index contributed by atoms with van der Waals surface area (Å²) in [6, 6.07) is 0.725. The molecule has 5 nitrogen and oxygen atoms in total. The predicted octanol–water partition coefficient (Wildman–Crippen LogP) is 2.50. The molecular formula is C13H15ClN2O3S. The van der Waals surface area contributed by atoms with Crippen LogP contribution in [0.25, 0.3) is 0 Å². The summed E-state index contributed by atoms with van der Waals surface area (Å²) in [7, 11) is 0. The molecule has 0 aromatic carbocycles. The van der Waals surface area contributed by atoms with Gasteiger partial charge in [-0.2, -0.15) is 0 Å². The zero-order valence-corrected chi connectivity index (χ0v) is 12.5. The average molecular weight is 315 g/mol. The number of hydrogen-bond donors (Lipinski definition) is 1. The normalized spacial score (nSPS) is 22.0. The van der Waals surface area contributed by atoms with Crippen molar-refractivity contribution in [1.29, 1.82) is 0 Å². The Bertz CT molecular complexity index is 526. The number of nitrogens with zero attached hydrogens (tertiary/aromatic N) is 2. The summed E-state index contributed by atoms with van der Waals surface area (Å²) < 4.78 is 0. The number of hydrogen-bond acceptors (Lipinski definition) is 4. The van der Waals surface area contributed by atoms with Crippen LogP contribution in [0, 0.1) is 0 Å². The lowest BCUT2D eigenvalue weighted by Crippen LogP contribution is -2.45. The van der Waals surface area contributed by atoms with Crippen LogP contribution in [0.3, 0.4) is 0 Å². The van der Waals surface area contributed by atoms with Gasteiger partial charge in [0.2, 0.25) is 0 Å². The van der Waals surface area contributed by atoms with E-state index in [2.05, 4.69) is 4.98 Å². The summed E-state index contributed by atoms with van der Waals surface area (Å²) in [5, 5.41) is 9.41. The van der Waals surface area contributed by atoms with E-state index >= 15 is 0 Å². The molecule has 2 unspecified atom stereocenters. The minimum Gasteiger partial charge on any atom is -0.480 e. The number of pyridine rings is 1. The van der Waals surface area contributed by atoms with E-state index in [0.29, 0.717) is 11.3 Å². The molecule has 0 spiro atoms. The van der Waals surface area contributed by atoms with E-state index in [1.807, 2.05) is 6.92 Å². The standard InChI is InChI=1S/C13H15ClN2O3S/c1-2-3-11-16(10(7-20-11)13(18)19)12(17)8-4-5-15-6-9(8)14/h4-6,10-11H,2-3,7H2,1H3,(H,18,19). The summed E-state index contributed by atoms with van der Waals surface area (Å²) >= 11 is 7.49. The Balaban J connectivity index is 2.32. The summed E-state index contributed by atoms with van der Waals surface area (Å²) in [4.78, 5) is 29.2. The van der Waals surface area contributed by atoms with Crippen molar-refractivity contribution in [2.75, 3.05) is 5.75 Å². The molecule has 0 aliphatic carbocycles. The summed E-state index contributed by atoms with van der Waals surface area (Å²) in [5.41, 5.74) is 0.302. The van der Waals surface area contributed by atoms with Crippen LogP contribution in [0.1, 0.15) is 30.1 Å². The molecule has 2 rings (SSSR count). The Hall–Kier alpha value is -1.27. The first kappa shape index (κ1) is 15.1. The molecule has 1 aromatic heterocycles. The number of carboxylic acids is 1. The van der Waals surface area contributed by atoms with Gasteiger partial charge in [-0.1, -0.05) is 24.9 Å². The third-order valence-electron chi connectivity index (χ3n) is 3.15. The lowest BCUT2D eigenvalue weighted by molar-refractivity contribution is -0.141. The van der Waals surface area contributed by atoms with Gasteiger partial charge >= 0.3 is 5.97 Å². The molecular weight excluding hydrogens is 300 g/mol. The van der Waals surface area contributed by atoms with Gasteiger partial charge in [-0.05, 0) is 12.5 Å². The molecule has 20 heavy (non-hydrogen) atoms. The number of amides is 1. The largest absolute Gasteiger partial charge is 0.480 e. The van der Waals surface area contributed by atoms with E-state index in [9.17, 15) is 14.7 Å². The van der Waals surface area contributed by atoms with Crippen molar-refractivity contribution in [3.05, 3.63) is 29.0 Å². The fourth-order valence-electron chi connectivity index (χ4n) is 2.18. The predicted molar refractivity (Wildman–Crippen MR) is 78.0 cm³/mol. The zero-order chi connectivity index (χ0) is 14.7. The molecule has 2 heterocycles. The van der Waals surface area contributed by atoms with E-state index in [1.54, 1.807) is 0 Å². The number of carbonyl (C=O) groups is 2. The maximum absolute atomic E-state index is 12.6. The second kappa shape index (κ2) is 6.45. The van der Waals surface area contributed by atoms with Gasteiger partial charge in [0.05, 0.1) is 16.0 Å². The van der Waals surface area contributed by atoms with Gasteiger partial charge in [0.15, 0.2) is 0 Å². The molecule has 2 atom stereocenters. The number of rotatable bonds is 4. The first-order chi connectivity index (χ1) is 9.56. The highest BCUT2D eigenvalue weighted by atomic mass is 35.5. The number of thioether (sulfide) groups is 1. The number of carboxylic acid groups (broad SMARTS) is 1. The van der Waals surface area contributed by atoms with Crippen molar-refractivity contribution < 1.29 is 14.7 Å². The van der Waals surface area contributed by atoms with Crippen LogP contribution >= 0.6 is 23.4 Å². The van der Waals surface area contributed by atoms with Gasteiger partial charge in [0.25, 0.3) is 5.91 Å². The highest BCUT2D eigenvalue weighted by molar-refractivity contribution is 8.00. The monoisotopic (exact) mass is 314 g/mol. The minimum atomic E-state index is -0.977. The van der Waals surface area contributed by atoms with E-state index in [-0.39, 0.29) is 16.3 Å². The highest BCUT2D eigenvalue weighted by Crippen LogP contribution is 2.34. The van der Waals surface area contributed by atoms with Gasteiger partial charge in [-0.3, -0.25) is 9.78 Å². The van der Waals surface area contributed by atoms with Crippen LogP contribution < -0.4 is 0 Å². The zero-order valence-electron chi connectivity index (χ0n) is 11.0. The Labute approximate surface area is 126 Å². The molecule has 0 radical (unpaired) electrons. The SMILES string of the molecule is CCCC1SCC(C(=O)O)N1C(=O)c1ccncc1Cl. The molecule has 1 N–H and O–H groups in total.